The summed E-state index contributed by atoms with van der Waals surface area (Å²) in [6, 6.07) is 1.03. The lowest BCUT2D eigenvalue weighted by Crippen LogP contribution is -2.47. The van der Waals surface area contributed by atoms with Crippen LogP contribution in [0.5, 0.6) is 0 Å². The Hall–Kier alpha value is -2.09. The van der Waals surface area contributed by atoms with Crippen LogP contribution < -0.4 is 5.32 Å². The number of hydrogen-bond acceptors (Lipinski definition) is 4. The van der Waals surface area contributed by atoms with Crippen LogP contribution in [-0.2, 0) is 4.74 Å². The molecule has 0 aliphatic carbocycles. The Morgan fingerprint density at radius 1 is 1.45 bits per heavy atom. The van der Waals surface area contributed by atoms with Crippen LogP contribution in [0.4, 0.5) is 14.5 Å². The molecule has 0 atom stereocenters. The quantitative estimate of drug-likeness (QED) is 0.664. The molecule has 0 aliphatic heterocycles. The van der Waals surface area contributed by atoms with Gasteiger partial charge in [0.1, 0.15) is 5.82 Å². The second-order valence-electron chi connectivity index (χ2n) is 4.81. The zero-order valence-electron chi connectivity index (χ0n) is 11.2. The topological polar surface area (TPSA) is 81.5 Å². The van der Waals surface area contributed by atoms with Gasteiger partial charge in [0.2, 0.25) is 5.82 Å². The molecule has 1 N–H and O–H groups in total. The van der Waals surface area contributed by atoms with E-state index in [1.165, 1.54) is 7.11 Å². The van der Waals surface area contributed by atoms with Crippen molar-refractivity contribution < 1.29 is 23.2 Å². The molecule has 6 nitrogen and oxygen atoms in total. The first-order valence-corrected chi connectivity index (χ1v) is 5.63. The smallest absolute Gasteiger partial charge is 0.308 e. The fourth-order valence-corrected chi connectivity index (χ4v) is 1.64. The largest absolute Gasteiger partial charge is 0.382 e. The number of carbonyl (C=O) groups excluding carboxylic acids is 1. The summed E-state index contributed by atoms with van der Waals surface area (Å²) in [4.78, 5) is 21.4. The van der Waals surface area contributed by atoms with Crippen LogP contribution in [0.25, 0.3) is 0 Å². The van der Waals surface area contributed by atoms with Crippen LogP contribution in [-0.4, -0.2) is 30.1 Å². The fourth-order valence-electron chi connectivity index (χ4n) is 1.64. The summed E-state index contributed by atoms with van der Waals surface area (Å²) in [7, 11) is 1.42. The van der Waals surface area contributed by atoms with Crippen molar-refractivity contribution in [3.63, 3.8) is 0 Å². The third kappa shape index (κ3) is 3.70. The van der Waals surface area contributed by atoms with Gasteiger partial charge in [-0.15, -0.1) is 0 Å². The van der Waals surface area contributed by atoms with E-state index in [4.69, 9.17) is 4.74 Å². The zero-order valence-corrected chi connectivity index (χ0v) is 11.2. The zero-order chi connectivity index (χ0) is 15.5. The van der Waals surface area contributed by atoms with Gasteiger partial charge in [0.05, 0.1) is 28.7 Å². The van der Waals surface area contributed by atoms with E-state index in [1.807, 2.05) is 0 Å². The number of benzene rings is 1. The number of methoxy groups -OCH3 is 1. The highest BCUT2D eigenvalue weighted by Crippen LogP contribution is 2.22. The molecule has 0 radical (unpaired) electrons. The number of carbonyl (C=O) groups is 1. The summed E-state index contributed by atoms with van der Waals surface area (Å²) in [6.07, 6.45) is 0. The van der Waals surface area contributed by atoms with Crippen LogP contribution in [0.2, 0.25) is 0 Å². The van der Waals surface area contributed by atoms with Crippen LogP contribution in [0.1, 0.15) is 24.2 Å². The van der Waals surface area contributed by atoms with Crippen molar-refractivity contribution in [1.82, 2.24) is 5.32 Å². The number of nitro groups is 1. The average molecular weight is 288 g/mol. The van der Waals surface area contributed by atoms with E-state index in [9.17, 15) is 23.7 Å². The molecule has 8 heteroatoms. The standard InChI is InChI=1S/C12H14F2N2O4/c1-12(2,6-20-3)15-11(17)8-4-7(13)5-9(10(8)14)16(18)19/h4-5H,6H2,1-3H3,(H,15,17). The maximum atomic E-state index is 13.8. The van der Waals surface area contributed by atoms with Crippen molar-refractivity contribution in [3.05, 3.63) is 39.4 Å². The number of nitrogens with one attached hydrogen (secondary N) is 1. The predicted molar refractivity (Wildman–Crippen MR) is 66.4 cm³/mol. The number of hydrogen-bond donors (Lipinski definition) is 1. The Morgan fingerprint density at radius 3 is 2.55 bits per heavy atom. The lowest BCUT2D eigenvalue weighted by atomic mass is 10.1. The second kappa shape index (κ2) is 5.91. The van der Waals surface area contributed by atoms with Gasteiger partial charge in [-0.1, -0.05) is 0 Å². The van der Waals surface area contributed by atoms with E-state index in [2.05, 4.69) is 5.32 Å². The van der Waals surface area contributed by atoms with Crippen LogP contribution in [0.15, 0.2) is 12.1 Å². The molecule has 1 aromatic rings. The van der Waals surface area contributed by atoms with Crippen LogP contribution in [0, 0.1) is 21.7 Å². The molecule has 20 heavy (non-hydrogen) atoms. The molecule has 1 rings (SSSR count). The van der Waals surface area contributed by atoms with Gasteiger partial charge >= 0.3 is 5.69 Å². The first kappa shape index (κ1) is 16.0. The molecular weight excluding hydrogens is 274 g/mol. The van der Waals surface area contributed by atoms with Crippen molar-refractivity contribution in [1.29, 1.82) is 0 Å². The molecular formula is C12H14F2N2O4. The number of rotatable bonds is 5. The normalized spacial score (nSPS) is 11.2. The molecule has 0 saturated carbocycles. The monoisotopic (exact) mass is 288 g/mol. The van der Waals surface area contributed by atoms with Gasteiger partial charge in [-0.3, -0.25) is 14.9 Å². The van der Waals surface area contributed by atoms with Gasteiger partial charge in [0.25, 0.3) is 5.91 Å². The Balaban J connectivity index is 3.14. The van der Waals surface area contributed by atoms with Gasteiger partial charge in [0.15, 0.2) is 0 Å². The minimum atomic E-state index is -1.37. The summed E-state index contributed by atoms with van der Waals surface area (Å²) in [5.41, 5.74) is -2.64. The Labute approximate surface area is 113 Å². The van der Waals surface area contributed by atoms with Crippen molar-refractivity contribution >= 4 is 11.6 Å². The molecule has 0 bridgehead atoms. The van der Waals surface area contributed by atoms with E-state index in [0.29, 0.717) is 12.1 Å². The minimum Gasteiger partial charge on any atom is -0.382 e. The Kier molecular flexibility index (Phi) is 4.72. The number of amides is 1. The molecule has 1 aromatic carbocycles. The summed E-state index contributed by atoms with van der Waals surface area (Å²) in [5, 5.41) is 13.0. The van der Waals surface area contributed by atoms with Gasteiger partial charge in [-0.05, 0) is 19.9 Å². The third-order valence-corrected chi connectivity index (χ3v) is 2.42. The predicted octanol–water partition coefficient (Wildman–Crippen LogP) is 2.03. The fraction of sp³-hybridized carbons (Fsp3) is 0.417. The van der Waals surface area contributed by atoms with Crippen LogP contribution >= 0.6 is 0 Å². The number of halogens is 2. The number of nitrogens with zero attached hydrogens (tertiary/aromatic N) is 1. The summed E-state index contributed by atoms with van der Waals surface area (Å²) < 4.78 is 31.9. The molecule has 110 valence electrons. The van der Waals surface area contributed by atoms with Crippen molar-refractivity contribution in [3.8, 4) is 0 Å². The van der Waals surface area contributed by atoms with Gasteiger partial charge in [-0.2, -0.15) is 4.39 Å². The number of ether oxygens (including phenoxy) is 1. The maximum Gasteiger partial charge on any atom is 0.308 e. The highest BCUT2D eigenvalue weighted by molar-refractivity contribution is 5.95. The molecule has 1 amide bonds. The van der Waals surface area contributed by atoms with E-state index < -0.39 is 39.3 Å². The van der Waals surface area contributed by atoms with E-state index in [-0.39, 0.29) is 6.61 Å². The van der Waals surface area contributed by atoms with E-state index >= 15 is 0 Å². The highest BCUT2D eigenvalue weighted by Gasteiger charge is 2.27. The van der Waals surface area contributed by atoms with Gasteiger partial charge < -0.3 is 10.1 Å². The van der Waals surface area contributed by atoms with E-state index in [0.717, 1.165) is 0 Å². The van der Waals surface area contributed by atoms with Crippen molar-refractivity contribution in [2.75, 3.05) is 13.7 Å². The third-order valence-electron chi connectivity index (χ3n) is 2.42. The number of nitro benzene ring substituents is 1. The molecule has 0 spiro atoms. The van der Waals surface area contributed by atoms with E-state index in [1.54, 1.807) is 13.8 Å². The van der Waals surface area contributed by atoms with Crippen LogP contribution in [0.3, 0.4) is 0 Å². The van der Waals surface area contributed by atoms with Gasteiger partial charge in [-0.25, -0.2) is 4.39 Å². The van der Waals surface area contributed by atoms with Crippen molar-refractivity contribution in [2.45, 2.75) is 19.4 Å². The highest BCUT2D eigenvalue weighted by atomic mass is 19.1. The summed E-state index contributed by atoms with van der Waals surface area (Å²) in [5.74, 6) is -3.39. The summed E-state index contributed by atoms with van der Waals surface area (Å²) >= 11 is 0. The van der Waals surface area contributed by atoms with Crippen molar-refractivity contribution in [2.24, 2.45) is 0 Å². The molecule has 0 fully saturated rings. The minimum absolute atomic E-state index is 0.137. The Bertz CT molecular complexity index is 547. The summed E-state index contributed by atoms with van der Waals surface area (Å²) in [6.45, 7) is 3.36. The molecule has 0 aromatic heterocycles. The lowest BCUT2D eigenvalue weighted by Gasteiger charge is -2.25. The Morgan fingerprint density at radius 2 is 2.05 bits per heavy atom. The first-order chi connectivity index (χ1) is 9.18. The molecule has 0 unspecified atom stereocenters. The van der Waals surface area contributed by atoms with Gasteiger partial charge in [0, 0.05) is 7.11 Å². The SMILES string of the molecule is COCC(C)(C)NC(=O)c1cc(F)cc([N+](=O)[O-])c1F. The second-order valence-corrected chi connectivity index (χ2v) is 4.81. The lowest BCUT2D eigenvalue weighted by molar-refractivity contribution is -0.387. The first-order valence-electron chi connectivity index (χ1n) is 5.63. The maximum absolute atomic E-state index is 13.8. The average Bonchev–Trinajstić information content (AvgIpc) is 2.30. The molecule has 0 heterocycles. The molecule has 0 aliphatic rings. The molecule has 0 saturated heterocycles.